The van der Waals surface area contributed by atoms with Gasteiger partial charge in [-0.15, -0.1) is 0 Å². The first-order chi connectivity index (χ1) is 33.0. The van der Waals surface area contributed by atoms with Crippen molar-refractivity contribution in [2.24, 2.45) is 0 Å². The summed E-state index contributed by atoms with van der Waals surface area (Å²) in [5.41, 5.74) is 0. The molecular formula is C61H110O6. The number of esters is 3. The lowest BCUT2D eigenvalue weighted by molar-refractivity contribution is -0.167. The molecular weight excluding hydrogens is 829 g/mol. The number of carbonyl (C=O) groups is 3. The Bertz CT molecular complexity index is 1170. The van der Waals surface area contributed by atoms with Crippen LogP contribution in [-0.2, 0) is 28.6 Å². The zero-order chi connectivity index (χ0) is 48.6. The summed E-state index contributed by atoms with van der Waals surface area (Å²) < 4.78 is 16.8. The predicted molar refractivity (Wildman–Crippen MR) is 289 cm³/mol. The third kappa shape index (κ3) is 54.2. The number of carbonyl (C=O) groups excluding carboxylic acids is 3. The van der Waals surface area contributed by atoms with Gasteiger partial charge in [-0.05, 0) is 77.0 Å². The molecule has 0 aromatic carbocycles. The highest BCUT2D eigenvalue weighted by atomic mass is 16.6. The minimum Gasteiger partial charge on any atom is -0.462 e. The van der Waals surface area contributed by atoms with Gasteiger partial charge in [0, 0.05) is 19.3 Å². The second-order valence-electron chi connectivity index (χ2n) is 19.6. The largest absolute Gasteiger partial charge is 0.462 e. The SMILES string of the molecule is CCCCCCCC/C=C\C/C=C\C/C=C\CCCC(=O)OC[C@H](COC(=O)CCCCCCCCCCCCCCCCC)OC(=O)CCCCCCCCC/C=C\CCCCCCCC. The first-order valence-corrected chi connectivity index (χ1v) is 29.1. The molecule has 6 nitrogen and oxygen atoms in total. The van der Waals surface area contributed by atoms with Gasteiger partial charge >= 0.3 is 17.9 Å². The maximum atomic E-state index is 12.9. The van der Waals surface area contributed by atoms with E-state index < -0.39 is 6.10 Å². The molecule has 0 amide bonds. The van der Waals surface area contributed by atoms with E-state index in [1.807, 2.05) is 0 Å². The maximum Gasteiger partial charge on any atom is 0.306 e. The standard InChI is InChI=1S/C61H110O6/c1-4-7-10-13-16-19-22-25-28-30-33-36-39-42-45-48-51-54-60(63)66-57-58(56-65-59(62)53-50-47-44-41-38-35-32-27-24-21-18-15-12-9-6-3)67-61(64)55-52-49-46-43-40-37-34-31-29-26-23-20-17-14-11-8-5-2/h25-26,28-29,33,36,42,45,58H,4-24,27,30-32,34-35,37-41,43-44,46-57H2,1-3H3/b28-25-,29-26-,36-33-,45-42-/t58-/m0/s1. The van der Waals surface area contributed by atoms with Gasteiger partial charge in [-0.2, -0.15) is 0 Å². The monoisotopic (exact) mass is 939 g/mol. The minimum atomic E-state index is -0.793. The van der Waals surface area contributed by atoms with Gasteiger partial charge in [0.15, 0.2) is 6.10 Å². The lowest BCUT2D eigenvalue weighted by atomic mass is 10.0. The van der Waals surface area contributed by atoms with Gasteiger partial charge in [0.1, 0.15) is 13.2 Å². The van der Waals surface area contributed by atoms with Gasteiger partial charge in [-0.3, -0.25) is 14.4 Å². The average molecular weight is 940 g/mol. The first kappa shape index (κ1) is 64.4. The Balaban J connectivity index is 4.43. The van der Waals surface area contributed by atoms with Crippen molar-refractivity contribution in [3.63, 3.8) is 0 Å². The summed E-state index contributed by atoms with van der Waals surface area (Å²) in [6, 6.07) is 0. The van der Waals surface area contributed by atoms with Gasteiger partial charge in [0.25, 0.3) is 0 Å². The Hall–Kier alpha value is -2.63. The molecule has 0 aliphatic heterocycles. The molecule has 0 aliphatic rings. The van der Waals surface area contributed by atoms with Crippen LogP contribution in [0.4, 0.5) is 0 Å². The number of hydrogen-bond acceptors (Lipinski definition) is 6. The smallest absolute Gasteiger partial charge is 0.306 e. The summed E-state index contributed by atoms with van der Waals surface area (Å²) >= 11 is 0. The van der Waals surface area contributed by atoms with Gasteiger partial charge in [-0.1, -0.05) is 256 Å². The van der Waals surface area contributed by atoms with Crippen LogP contribution < -0.4 is 0 Å². The van der Waals surface area contributed by atoms with E-state index in [0.717, 1.165) is 57.8 Å². The van der Waals surface area contributed by atoms with Crippen molar-refractivity contribution in [3.05, 3.63) is 48.6 Å². The number of rotatable bonds is 53. The summed E-state index contributed by atoms with van der Waals surface area (Å²) in [4.78, 5) is 38.1. The lowest BCUT2D eigenvalue weighted by Crippen LogP contribution is -2.30. The van der Waals surface area contributed by atoms with E-state index in [1.54, 1.807) is 0 Å². The normalized spacial score (nSPS) is 12.3. The van der Waals surface area contributed by atoms with Crippen LogP contribution in [0.15, 0.2) is 48.6 Å². The Morgan fingerprint density at radius 1 is 0.299 bits per heavy atom. The molecule has 390 valence electrons. The molecule has 0 aromatic rings. The van der Waals surface area contributed by atoms with Crippen LogP contribution in [0.25, 0.3) is 0 Å². The molecule has 0 N–H and O–H groups in total. The molecule has 0 bridgehead atoms. The Morgan fingerprint density at radius 3 is 0.910 bits per heavy atom. The van der Waals surface area contributed by atoms with E-state index in [0.29, 0.717) is 25.7 Å². The van der Waals surface area contributed by atoms with E-state index in [1.165, 1.54) is 199 Å². The van der Waals surface area contributed by atoms with E-state index >= 15 is 0 Å². The molecule has 0 aromatic heterocycles. The second kappa shape index (κ2) is 56.0. The van der Waals surface area contributed by atoms with Gasteiger partial charge in [0.05, 0.1) is 0 Å². The van der Waals surface area contributed by atoms with Gasteiger partial charge in [0.2, 0.25) is 0 Å². The number of unbranched alkanes of at least 4 members (excludes halogenated alkanes) is 34. The minimum absolute atomic E-state index is 0.0873. The number of hydrogen-bond donors (Lipinski definition) is 0. The molecule has 0 fully saturated rings. The van der Waals surface area contributed by atoms with E-state index in [9.17, 15) is 14.4 Å². The molecule has 0 spiro atoms. The number of ether oxygens (including phenoxy) is 3. The van der Waals surface area contributed by atoms with Crippen LogP contribution >= 0.6 is 0 Å². The fourth-order valence-electron chi connectivity index (χ4n) is 8.40. The fourth-order valence-corrected chi connectivity index (χ4v) is 8.40. The highest BCUT2D eigenvalue weighted by molar-refractivity contribution is 5.71. The number of allylic oxidation sites excluding steroid dienone is 8. The summed E-state index contributed by atoms with van der Waals surface area (Å²) in [6.45, 7) is 6.62. The van der Waals surface area contributed by atoms with Crippen LogP contribution in [-0.4, -0.2) is 37.2 Å². The van der Waals surface area contributed by atoms with Crippen molar-refractivity contribution in [1.29, 1.82) is 0 Å². The van der Waals surface area contributed by atoms with Crippen molar-refractivity contribution >= 4 is 17.9 Å². The second-order valence-corrected chi connectivity index (χ2v) is 19.6. The lowest BCUT2D eigenvalue weighted by Gasteiger charge is -2.18. The molecule has 0 unspecified atom stereocenters. The third-order valence-corrected chi connectivity index (χ3v) is 12.8. The Kier molecular flexibility index (Phi) is 53.8. The molecule has 0 aliphatic carbocycles. The van der Waals surface area contributed by atoms with Crippen LogP contribution in [0.1, 0.15) is 303 Å². The zero-order valence-electron chi connectivity index (χ0n) is 44.7. The van der Waals surface area contributed by atoms with Crippen LogP contribution in [0.3, 0.4) is 0 Å². The van der Waals surface area contributed by atoms with Gasteiger partial charge < -0.3 is 14.2 Å². The highest BCUT2D eigenvalue weighted by Gasteiger charge is 2.19. The topological polar surface area (TPSA) is 78.9 Å². The quantitative estimate of drug-likeness (QED) is 0.0262. The molecule has 0 heterocycles. The fraction of sp³-hybridized carbons (Fsp3) is 0.820. The van der Waals surface area contributed by atoms with Gasteiger partial charge in [-0.25, -0.2) is 0 Å². The van der Waals surface area contributed by atoms with E-state index in [-0.39, 0.29) is 31.1 Å². The van der Waals surface area contributed by atoms with Crippen molar-refractivity contribution in [3.8, 4) is 0 Å². The molecule has 1 atom stereocenters. The summed E-state index contributed by atoms with van der Waals surface area (Å²) in [5, 5.41) is 0. The predicted octanol–water partition coefficient (Wildman–Crippen LogP) is 19.4. The Morgan fingerprint density at radius 2 is 0.552 bits per heavy atom. The van der Waals surface area contributed by atoms with Crippen molar-refractivity contribution in [2.75, 3.05) is 13.2 Å². The van der Waals surface area contributed by atoms with Crippen molar-refractivity contribution in [1.82, 2.24) is 0 Å². The van der Waals surface area contributed by atoms with Crippen molar-refractivity contribution < 1.29 is 28.6 Å². The van der Waals surface area contributed by atoms with E-state index in [4.69, 9.17) is 14.2 Å². The molecule has 0 saturated carbocycles. The molecule has 0 radical (unpaired) electrons. The molecule has 0 saturated heterocycles. The average Bonchev–Trinajstić information content (AvgIpc) is 3.33. The van der Waals surface area contributed by atoms with E-state index in [2.05, 4.69) is 69.4 Å². The van der Waals surface area contributed by atoms with Crippen LogP contribution in [0.2, 0.25) is 0 Å². The Labute approximate surface area is 416 Å². The highest BCUT2D eigenvalue weighted by Crippen LogP contribution is 2.16. The van der Waals surface area contributed by atoms with Crippen LogP contribution in [0.5, 0.6) is 0 Å². The third-order valence-electron chi connectivity index (χ3n) is 12.8. The summed E-state index contributed by atoms with van der Waals surface area (Å²) in [5.74, 6) is -0.932. The zero-order valence-corrected chi connectivity index (χ0v) is 44.7. The molecule has 6 heteroatoms. The van der Waals surface area contributed by atoms with Crippen LogP contribution in [0, 0.1) is 0 Å². The molecule has 67 heavy (non-hydrogen) atoms. The molecule has 0 rings (SSSR count). The maximum absolute atomic E-state index is 12.9. The summed E-state index contributed by atoms with van der Waals surface area (Å²) in [7, 11) is 0. The summed E-state index contributed by atoms with van der Waals surface area (Å²) in [6.07, 6.45) is 68.2. The van der Waals surface area contributed by atoms with Crippen molar-refractivity contribution in [2.45, 2.75) is 309 Å². The first-order valence-electron chi connectivity index (χ1n) is 29.1.